The predicted molar refractivity (Wildman–Crippen MR) is 51.2 cm³/mol. The van der Waals surface area contributed by atoms with Crippen LogP contribution in [-0.4, -0.2) is 5.11 Å². The van der Waals surface area contributed by atoms with Crippen LogP contribution in [0.1, 0.15) is 24.8 Å². The highest BCUT2D eigenvalue weighted by Gasteiger charge is 2.04. The minimum absolute atomic E-state index is 0.256. The van der Waals surface area contributed by atoms with Crippen LogP contribution in [0.15, 0.2) is 42.7 Å². The largest absolute Gasteiger partial charge is 0.513 e. The first-order valence-corrected chi connectivity index (χ1v) is 4.12. The SMILES string of the molecule is C=C(O)C[C@H](C)c1ccccc1. The maximum Gasteiger partial charge on any atom is 0.0857 e. The van der Waals surface area contributed by atoms with Gasteiger partial charge >= 0.3 is 0 Å². The molecular weight excluding hydrogens is 148 g/mol. The molecule has 0 aliphatic rings. The third-order valence-corrected chi connectivity index (χ3v) is 1.91. The van der Waals surface area contributed by atoms with E-state index in [1.165, 1.54) is 5.56 Å². The lowest BCUT2D eigenvalue weighted by Gasteiger charge is -2.09. The highest BCUT2D eigenvalue weighted by Crippen LogP contribution is 2.20. The summed E-state index contributed by atoms with van der Waals surface area (Å²) in [4.78, 5) is 0. The van der Waals surface area contributed by atoms with Gasteiger partial charge in [-0.05, 0) is 11.5 Å². The van der Waals surface area contributed by atoms with Gasteiger partial charge in [-0.15, -0.1) is 0 Å². The molecule has 0 unspecified atom stereocenters. The fourth-order valence-corrected chi connectivity index (χ4v) is 1.25. The van der Waals surface area contributed by atoms with Gasteiger partial charge < -0.3 is 5.11 Å². The van der Waals surface area contributed by atoms with Crippen molar-refractivity contribution in [2.45, 2.75) is 19.3 Å². The molecule has 0 bridgehead atoms. The summed E-state index contributed by atoms with van der Waals surface area (Å²) in [5.74, 6) is 0.607. The summed E-state index contributed by atoms with van der Waals surface area (Å²) >= 11 is 0. The molecule has 12 heavy (non-hydrogen) atoms. The second-order valence-corrected chi connectivity index (χ2v) is 3.08. The Hall–Kier alpha value is -1.24. The van der Waals surface area contributed by atoms with Crippen LogP contribution in [0, 0.1) is 0 Å². The lowest BCUT2D eigenvalue weighted by atomic mass is 9.97. The predicted octanol–water partition coefficient (Wildman–Crippen LogP) is 3.25. The van der Waals surface area contributed by atoms with Gasteiger partial charge in [0.05, 0.1) is 5.76 Å². The molecule has 0 fully saturated rings. The molecule has 0 amide bonds. The van der Waals surface area contributed by atoms with Crippen molar-refractivity contribution in [3.63, 3.8) is 0 Å². The number of aliphatic hydroxyl groups excluding tert-OH is 1. The van der Waals surface area contributed by atoms with E-state index < -0.39 is 0 Å². The minimum atomic E-state index is 0.256. The Labute approximate surface area is 73.4 Å². The number of rotatable bonds is 3. The average molecular weight is 162 g/mol. The number of hydrogen-bond donors (Lipinski definition) is 1. The maximum atomic E-state index is 8.99. The lowest BCUT2D eigenvalue weighted by molar-refractivity contribution is 0.380. The van der Waals surface area contributed by atoms with Crippen molar-refractivity contribution in [2.24, 2.45) is 0 Å². The van der Waals surface area contributed by atoms with E-state index in [1.807, 2.05) is 18.2 Å². The Kier molecular flexibility index (Phi) is 2.92. The minimum Gasteiger partial charge on any atom is -0.513 e. The number of aliphatic hydroxyl groups is 1. The Morgan fingerprint density at radius 2 is 2.00 bits per heavy atom. The van der Waals surface area contributed by atoms with Crippen LogP contribution in [0.5, 0.6) is 0 Å². The second-order valence-electron chi connectivity index (χ2n) is 3.08. The van der Waals surface area contributed by atoms with Crippen LogP contribution in [0.25, 0.3) is 0 Å². The molecule has 0 heterocycles. The van der Waals surface area contributed by atoms with Gasteiger partial charge in [0, 0.05) is 6.42 Å². The van der Waals surface area contributed by atoms with Crippen molar-refractivity contribution >= 4 is 0 Å². The van der Waals surface area contributed by atoms with E-state index in [1.54, 1.807) is 0 Å². The third kappa shape index (κ3) is 2.42. The number of benzene rings is 1. The summed E-state index contributed by atoms with van der Waals surface area (Å²) < 4.78 is 0. The fourth-order valence-electron chi connectivity index (χ4n) is 1.25. The van der Waals surface area contributed by atoms with Gasteiger partial charge in [0.15, 0.2) is 0 Å². The molecule has 0 saturated carbocycles. The Morgan fingerprint density at radius 1 is 1.42 bits per heavy atom. The molecule has 64 valence electrons. The smallest absolute Gasteiger partial charge is 0.0857 e. The van der Waals surface area contributed by atoms with Crippen LogP contribution in [0.2, 0.25) is 0 Å². The van der Waals surface area contributed by atoms with Crippen molar-refractivity contribution in [3.05, 3.63) is 48.2 Å². The van der Waals surface area contributed by atoms with E-state index in [0.717, 1.165) is 0 Å². The Morgan fingerprint density at radius 3 is 2.50 bits per heavy atom. The maximum absolute atomic E-state index is 8.99. The van der Waals surface area contributed by atoms with E-state index in [9.17, 15) is 0 Å². The summed E-state index contributed by atoms with van der Waals surface area (Å²) in [6.45, 7) is 5.56. The first-order chi connectivity index (χ1) is 5.70. The Bertz CT molecular complexity index is 251. The van der Waals surface area contributed by atoms with Gasteiger partial charge in [-0.3, -0.25) is 0 Å². The first-order valence-electron chi connectivity index (χ1n) is 4.12. The van der Waals surface area contributed by atoms with Crippen molar-refractivity contribution in [1.29, 1.82) is 0 Å². The van der Waals surface area contributed by atoms with E-state index in [4.69, 9.17) is 5.11 Å². The highest BCUT2D eigenvalue weighted by molar-refractivity contribution is 5.19. The van der Waals surface area contributed by atoms with Gasteiger partial charge in [0.1, 0.15) is 0 Å². The average Bonchev–Trinajstić information content (AvgIpc) is 2.05. The molecule has 0 aliphatic heterocycles. The van der Waals surface area contributed by atoms with Crippen LogP contribution in [0.3, 0.4) is 0 Å². The molecule has 1 aromatic rings. The third-order valence-electron chi connectivity index (χ3n) is 1.91. The fraction of sp³-hybridized carbons (Fsp3) is 0.273. The van der Waals surface area contributed by atoms with E-state index in [0.29, 0.717) is 12.3 Å². The van der Waals surface area contributed by atoms with E-state index >= 15 is 0 Å². The van der Waals surface area contributed by atoms with Crippen molar-refractivity contribution < 1.29 is 5.11 Å². The van der Waals surface area contributed by atoms with Gasteiger partial charge in [-0.1, -0.05) is 43.8 Å². The van der Waals surface area contributed by atoms with Crippen LogP contribution in [0.4, 0.5) is 0 Å². The summed E-state index contributed by atoms with van der Waals surface area (Å²) in [5, 5.41) is 8.99. The van der Waals surface area contributed by atoms with E-state index in [-0.39, 0.29) is 5.76 Å². The number of allylic oxidation sites excluding steroid dienone is 1. The van der Waals surface area contributed by atoms with Crippen molar-refractivity contribution in [1.82, 2.24) is 0 Å². The van der Waals surface area contributed by atoms with Gasteiger partial charge in [-0.25, -0.2) is 0 Å². The van der Waals surface area contributed by atoms with Gasteiger partial charge in [0.25, 0.3) is 0 Å². The molecule has 0 spiro atoms. The van der Waals surface area contributed by atoms with E-state index in [2.05, 4.69) is 25.6 Å². The quantitative estimate of drug-likeness (QED) is 0.676. The Balaban J connectivity index is 2.65. The topological polar surface area (TPSA) is 20.2 Å². The molecule has 1 heteroatoms. The molecule has 1 rings (SSSR count). The molecule has 1 atom stereocenters. The van der Waals surface area contributed by atoms with Crippen LogP contribution >= 0.6 is 0 Å². The normalized spacial score (nSPS) is 12.4. The zero-order chi connectivity index (χ0) is 8.97. The molecule has 0 aromatic heterocycles. The summed E-state index contributed by atoms with van der Waals surface area (Å²) in [6.07, 6.45) is 0.643. The van der Waals surface area contributed by atoms with Gasteiger partial charge in [-0.2, -0.15) is 0 Å². The molecule has 0 radical (unpaired) electrons. The van der Waals surface area contributed by atoms with Crippen molar-refractivity contribution in [2.75, 3.05) is 0 Å². The zero-order valence-electron chi connectivity index (χ0n) is 7.33. The molecule has 0 saturated heterocycles. The zero-order valence-corrected chi connectivity index (χ0v) is 7.33. The van der Waals surface area contributed by atoms with Crippen LogP contribution in [-0.2, 0) is 0 Å². The standard InChI is InChI=1S/C11H14O/c1-9(8-10(2)12)11-6-4-3-5-7-11/h3-7,9,12H,2,8H2,1H3/t9-/m0/s1. The monoisotopic (exact) mass is 162 g/mol. The molecule has 1 nitrogen and oxygen atoms in total. The molecule has 1 aromatic carbocycles. The second kappa shape index (κ2) is 3.96. The first kappa shape index (κ1) is 8.85. The summed E-state index contributed by atoms with van der Waals surface area (Å²) in [6, 6.07) is 10.1. The highest BCUT2D eigenvalue weighted by atomic mass is 16.3. The summed E-state index contributed by atoms with van der Waals surface area (Å²) in [7, 11) is 0. The molecular formula is C11H14O. The lowest BCUT2D eigenvalue weighted by Crippen LogP contribution is -1.94. The van der Waals surface area contributed by atoms with Gasteiger partial charge in [0.2, 0.25) is 0 Å². The number of hydrogen-bond acceptors (Lipinski definition) is 1. The summed E-state index contributed by atoms with van der Waals surface area (Å²) in [5.41, 5.74) is 1.24. The molecule has 1 N–H and O–H groups in total. The van der Waals surface area contributed by atoms with Crippen molar-refractivity contribution in [3.8, 4) is 0 Å². The molecule has 0 aliphatic carbocycles. The van der Waals surface area contributed by atoms with Crippen LogP contribution < -0.4 is 0 Å².